The minimum atomic E-state index is -0.162. The van der Waals surface area contributed by atoms with E-state index in [-0.39, 0.29) is 12.3 Å². The summed E-state index contributed by atoms with van der Waals surface area (Å²) in [6, 6.07) is 7.21. The lowest BCUT2D eigenvalue weighted by Crippen LogP contribution is -2.15. The number of nitrogens with one attached hydrogen (secondary N) is 2. The molecule has 0 aliphatic rings. The molecule has 1 aromatic carbocycles. The summed E-state index contributed by atoms with van der Waals surface area (Å²) >= 11 is 5.92. The van der Waals surface area contributed by atoms with Gasteiger partial charge >= 0.3 is 0 Å². The van der Waals surface area contributed by atoms with Gasteiger partial charge in [0.1, 0.15) is 0 Å². The molecule has 6 nitrogen and oxygen atoms in total. The molecule has 0 unspecified atom stereocenters. The molecular weight excluding hydrogens is 302 g/mol. The monoisotopic (exact) mass is 315 g/mol. The molecule has 2 heterocycles. The lowest BCUT2D eigenvalue weighted by Gasteiger charge is -2.05. The van der Waals surface area contributed by atoms with Crippen LogP contribution in [0.4, 0.5) is 5.82 Å². The number of carbonyl (C=O) groups excluding carboxylic acids is 1. The van der Waals surface area contributed by atoms with Crippen molar-refractivity contribution in [2.75, 3.05) is 5.32 Å². The van der Waals surface area contributed by atoms with Crippen molar-refractivity contribution in [2.45, 2.75) is 20.3 Å². The maximum absolute atomic E-state index is 12.2. The van der Waals surface area contributed by atoms with Gasteiger partial charge in [-0.3, -0.25) is 9.89 Å². The van der Waals surface area contributed by atoms with Crippen LogP contribution in [-0.4, -0.2) is 26.3 Å². The zero-order valence-electron chi connectivity index (χ0n) is 12.1. The van der Waals surface area contributed by atoms with Gasteiger partial charge in [-0.05, 0) is 37.1 Å². The SMILES string of the molecule is Cc1nnc2[nH]nc(NC(=O)Cc3cccc(Cl)c3)c2c1C. The molecular formula is C15H14ClN5O. The normalized spacial score (nSPS) is 10.9. The van der Waals surface area contributed by atoms with E-state index in [1.54, 1.807) is 12.1 Å². The number of anilines is 1. The number of carbonyl (C=O) groups is 1. The van der Waals surface area contributed by atoms with Crippen molar-refractivity contribution < 1.29 is 4.79 Å². The van der Waals surface area contributed by atoms with E-state index >= 15 is 0 Å². The summed E-state index contributed by atoms with van der Waals surface area (Å²) in [5.41, 5.74) is 3.15. The molecule has 1 amide bonds. The van der Waals surface area contributed by atoms with Gasteiger partial charge in [0.05, 0.1) is 17.5 Å². The van der Waals surface area contributed by atoms with Gasteiger partial charge < -0.3 is 5.32 Å². The number of hydrogen-bond donors (Lipinski definition) is 2. The van der Waals surface area contributed by atoms with Crippen LogP contribution in [0.2, 0.25) is 5.02 Å². The van der Waals surface area contributed by atoms with Gasteiger partial charge in [0.25, 0.3) is 0 Å². The van der Waals surface area contributed by atoms with E-state index in [1.165, 1.54) is 0 Å². The Morgan fingerprint density at radius 3 is 2.91 bits per heavy atom. The molecule has 0 fully saturated rings. The van der Waals surface area contributed by atoms with E-state index in [2.05, 4.69) is 25.7 Å². The molecule has 0 saturated carbocycles. The summed E-state index contributed by atoms with van der Waals surface area (Å²) in [6.45, 7) is 3.79. The highest BCUT2D eigenvalue weighted by molar-refractivity contribution is 6.30. The summed E-state index contributed by atoms with van der Waals surface area (Å²) in [6.07, 6.45) is 0.228. The Morgan fingerprint density at radius 2 is 2.14 bits per heavy atom. The number of aromatic nitrogens is 4. The molecule has 2 N–H and O–H groups in total. The number of aryl methyl sites for hydroxylation is 2. The lowest BCUT2D eigenvalue weighted by molar-refractivity contribution is -0.115. The predicted molar refractivity (Wildman–Crippen MR) is 84.9 cm³/mol. The fourth-order valence-corrected chi connectivity index (χ4v) is 2.45. The number of halogens is 1. The first-order valence-corrected chi connectivity index (χ1v) is 7.14. The quantitative estimate of drug-likeness (QED) is 0.778. The van der Waals surface area contributed by atoms with E-state index in [9.17, 15) is 4.79 Å². The van der Waals surface area contributed by atoms with Crippen molar-refractivity contribution >= 4 is 34.4 Å². The Hall–Kier alpha value is -2.47. The van der Waals surface area contributed by atoms with E-state index in [0.717, 1.165) is 22.2 Å². The summed E-state index contributed by atoms with van der Waals surface area (Å²) in [7, 11) is 0. The van der Waals surface area contributed by atoms with Crippen molar-refractivity contribution in [1.29, 1.82) is 0 Å². The molecule has 3 rings (SSSR count). The molecule has 0 aliphatic carbocycles. The number of H-pyrrole nitrogens is 1. The van der Waals surface area contributed by atoms with Gasteiger partial charge in [0.15, 0.2) is 11.5 Å². The molecule has 112 valence electrons. The van der Waals surface area contributed by atoms with Crippen LogP contribution in [-0.2, 0) is 11.2 Å². The first-order chi connectivity index (χ1) is 10.5. The Kier molecular flexibility index (Phi) is 3.77. The van der Waals surface area contributed by atoms with Crippen molar-refractivity contribution in [3.8, 4) is 0 Å². The van der Waals surface area contributed by atoms with Crippen LogP contribution < -0.4 is 5.32 Å². The van der Waals surface area contributed by atoms with Crippen LogP contribution in [0.15, 0.2) is 24.3 Å². The minimum absolute atomic E-state index is 0.162. The predicted octanol–water partition coefficient (Wildman–Crippen LogP) is 2.80. The maximum atomic E-state index is 12.2. The number of aromatic amines is 1. The van der Waals surface area contributed by atoms with Gasteiger partial charge in [-0.1, -0.05) is 23.7 Å². The standard InChI is InChI=1S/C15H14ClN5O/c1-8-9(2)18-20-15-13(8)14(19-21-15)17-12(22)7-10-4-3-5-11(16)6-10/h3-6H,7H2,1-2H3,(H2,17,19,20,21,22). The van der Waals surface area contributed by atoms with Crippen LogP contribution in [0.5, 0.6) is 0 Å². The highest BCUT2D eigenvalue weighted by Gasteiger charge is 2.14. The van der Waals surface area contributed by atoms with Crippen LogP contribution in [0, 0.1) is 13.8 Å². The minimum Gasteiger partial charge on any atom is -0.308 e. The summed E-state index contributed by atoms with van der Waals surface area (Å²) in [5.74, 6) is 0.307. The van der Waals surface area contributed by atoms with E-state index < -0.39 is 0 Å². The Bertz CT molecular complexity index is 858. The molecule has 0 aliphatic heterocycles. The average Bonchev–Trinajstić information content (AvgIpc) is 2.86. The summed E-state index contributed by atoms with van der Waals surface area (Å²) in [4.78, 5) is 12.2. The summed E-state index contributed by atoms with van der Waals surface area (Å²) in [5, 5.41) is 19.1. The van der Waals surface area contributed by atoms with E-state index in [1.807, 2.05) is 26.0 Å². The number of amides is 1. The lowest BCUT2D eigenvalue weighted by atomic mass is 10.1. The molecule has 0 atom stereocenters. The second-order valence-electron chi connectivity index (χ2n) is 5.06. The van der Waals surface area contributed by atoms with Crippen LogP contribution in [0.1, 0.15) is 16.8 Å². The molecule has 2 aromatic heterocycles. The smallest absolute Gasteiger partial charge is 0.230 e. The van der Waals surface area contributed by atoms with Crippen molar-refractivity contribution in [3.63, 3.8) is 0 Å². The van der Waals surface area contributed by atoms with Crippen molar-refractivity contribution in [2.24, 2.45) is 0 Å². The first kappa shape index (κ1) is 14.5. The van der Waals surface area contributed by atoms with E-state index in [4.69, 9.17) is 11.6 Å². The fraction of sp³-hybridized carbons (Fsp3) is 0.200. The van der Waals surface area contributed by atoms with Gasteiger partial charge in [-0.25, -0.2) is 0 Å². The van der Waals surface area contributed by atoms with Gasteiger partial charge in [0, 0.05) is 5.02 Å². The van der Waals surface area contributed by atoms with Crippen molar-refractivity contribution in [1.82, 2.24) is 20.4 Å². The number of rotatable bonds is 3. The maximum Gasteiger partial charge on any atom is 0.230 e. The largest absolute Gasteiger partial charge is 0.308 e. The second kappa shape index (κ2) is 5.73. The molecule has 0 radical (unpaired) electrons. The number of benzene rings is 1. The van der Waals surface area contributed by atoms with Crippen LogP contribution in [0.3, 0.4) is 0 Å². The number of fused-ring (bicyclic) bond motifs is 1. The highest BCUT2D eigenvalue weighted by atomic mass is 35.5. The zero-order valence-corrected chi connectivity index (χ0v) is 12.9. The number of hydrogen-bond acceptors (Lipinski definition) is 4. The Balaban J connectivity index is 1.84. The molecule has 0 saturated heterocycles. The molecule has 22 heavy (non-hydrogen) atoms. The van der Waals surface area contributed by atoms with Crippen LogP contribution >= 0.6 is 11.6 Å². The zero-order chi connectivity index (χ0) is 15.7. The summed E-state index contributed by atoms with van der Waals surface area (Å²) < 4.78 is 0. The Labute approximate surface area is 131 Å². The Morgan fingerprint density at radius 1 is 1.32 bits per heavy atom. The van der Waals surface area contributed by atoms with Gasteiger partial charge in [-0.2, -0.15) is 10.2 Å². The third-order valence-corrected chi connectivity index (χ3v) is 3.71. The molecule has 0 bridgehead atoms. The average molecular weight is 316 g/mol. The second-order valence-corrected chi connectivity index (χ2v) is 5.50. The first-order valence-electron chi connectivity index (χ1n) is 6.77. The van der Waals surface area contributed by atoms with Crippen molar-refractivity contribution in [3.05, 3.63) is 46.1 Å². The molecule has 0 spiro atoms. The third kappa shape index (κ3) is 2.78. The highest BCUT2D eigenvalue weighted by Crippen LogP contribution is 2.23. The van der Waals surface area contributed by atoms with Gasteiger partial charge in [-0.15, -0.1) is 5.10 Å². The molecule has 3 aromatic rings. The van der Waals surface area contributed by atoms with Crippen LogP contribution in [0.25, 0.3) is 11.0 Å². The van der Waals surface area contributed by atoms with E-state index in [0.29, 0.717) is 16.5 Å². The third-order valence-electron chi connectivity index (χ3n) is 3.48. The number of nitrogens with zero attached hydrogens (tertiary/aromatic N) is 3. The topological polar surface area (TPSA) is 83.6 Å². The fourth-order valence-electron chi connectivity index (χ4n) is 2.24. The molecule has 7 heteroatoms. The van der Waals surface area contributed by atoms with Gasteiger partial charge in [0.2, 0.25) is 5.91 Å².